The summed E-state index contributed by atoms with van der Waals surface area (Å²) in [4.78, 5) is 60.4. The number of phenolic OH excluding ortho intramolecular Hbond substituents is 2. The molecule has 15 nitrogen and oxygen atoms in total. The van der Waals surface area contributed by atoms with Crippen LogP contribution in [0.4, 0.5) is 5.13 Å². The number of amides is 2. The zero-order valence-corrected chi connectivity index (χ0v) is 24.2. The third kappa shape index (κ3) is 5.63. The molecule has 2 atom stereocenters. The Kier molecular flexibility index (Phi) is 7.61. The van der Waals surface area contributed by atoms with Crippen LogP contribution in [0.15, 0.2) is 52.4 Å². The average molecular weight is 630 g/mol. The first kappa shape index (κ1) is 29.6. The molecule has 2 aliphatic heterocycles. The second kappa shape index (κ2) is 11.1. The lowest BCUT2D eigenvalue weighted by Gasteiger charge is -2.49. The van der Waals surface area contributed by atoms with Gasteiger partial charge in [0.15, 0.2) is 41.3 Å². The molecular formula is C26H25N6O9S2+. The maximum atomic E-state index is 13.2. The number of aliphatic carboxylic acids is 2. The van der Waals surface area contributed by atoms with Crippen LogP contribution >= 0.6 is 23.1 Å². The van der Waals surface area contributed by atoms with Crippen LogP contribution in [-0.4, -0.2) is 82.5 Å². The summed E-state index contributed by atoms with van der Waals surface area (Å²) in [5, 5.41) is 47.3. The summed E-state index contributed by atoms with van der Waals surface area (Å²) in [6.45, 7) is 2.59. The number of nitrogen functional groups attached to an aromatic ring is 1. The molecule has 4 heterocycles. The predicted octanol–water partition coefficient (Wildman–Crippen LogP) is 0.600. The van der Waals surface area contributed by atoms with Crippen LogP contribution < -0.4 is 15.6 Å². The third-order valence-electron chi connectivity index (χ3n) is 6.70. The van der Waals surface area contributed by atoms with E-state index >= 15 is 0 Å². The fraction of sp³-hybridized carbons (Fsp3) is 0.269. The monoisotopic (exact) mass is 629 g/mol. The predicted molar refractivity (Wildman–Crippen MR) is 153 cm³/mol. The van der Waals surface area contributed by atoms with Gasteiger partial charge in [0.25, 0.3) is 11.8 Å². The molecule has 0 aliphatic carbocycles. The minimum Gasteiger partial charge on any atom is -0.504 e. The molecule has 1 fully saturated rings. The van der Waals surface area contributed by atoms with Crippen molar-refractivity contribution < 1.29 is 49.0 Å². The number of nitrogens with zero attached hydrogens (tertiary/aromatic N) is 4. The summed E-state index contributed by atoms with van der Waals surface area (Å²) in [5.74, 6) is -4.53. The standard InChI is InChI=1S/C26H24N6O9S2/c1-26(2,24(39)40)41-30-17(14-10-43-25(27)28-14)20(35)29-18-21(36)32-19(23(37)38)13(9-42-22(18)32)8-31-4-3-11-5-15(33)16(34)6-12(11)7-31/h3-7,10,18,22H,8-9H2,1-2H3,(H6,27,28,29,34,35,37,38,39,40)/p+1/t18?,22-/m1/s1. The molecule has 0 bridgehead atoms. The van der Waals surface area contributed by atoms with Gasteiger partial charge in [-0.25, -0.2) is 19.1 Å². The molecule has 2 amide bonds. The second-order valence-electron chi connectivity index (χ2n) is 10.1. The number of hydrogen-bond acceptors (Lipinski definition) is 12. The van der Waals surface area contributed by atoms with E-state index in [0.29, 0.717) is 16.3 Å². The van der Waals surface area contributed by atoms with Gasteiger partial charge >= 0.3 is 11.9 Å². The Morgan fingerprint density at radius 2 is 1.93 bits per heavy atom. The number of aromatic nitrogens is 2. The van der Waals surface area contributed by atoms with E-state index in [1.807, 2.05) is 0 Å². The van der Waals surface area contributed by atoms with Gasteiger partial charge in [-0.05, 0) is 31.4 Å². The highest BCUT2D eigenvalue weighted by atomic mass is 32.2. The topological polar surface area (TPSA) is 229 Å². The number of benzene rings is 1. The molecule has 17 heteroatoms. The highest BCUT2D eigenvalue weighted by Crippen LogP contribution is 2.40. The van der Waals surface area contributed by atoms with Crippen LogP contribution in [0.2, 0.25) is 0 Å². The van der Waals surface area contributed by atoms with Gasteiger partial charge < -0.3 is 36.3 Å². The van der Waals surface area contributed by atoms with Gasteiger partial charge in [0.1, 0.15) is 22.8 Å². The molecule has 1 saturated heterocycles. The van der Waals surface area contributed by atoms with E-state index in [2.05, 4.69) is 15.5 Å². The molecule has 0 saturated carbocycles. The number of hydrogen-bond donors (Lipinski definition) is 6. The molecule has 43 heavy (non-hydrogen) atoms. The van der Waals surface area contributed by atoms with E-state index in [9.17, 15) is 39.6 Å². The molecule has 3 aromatic rings. The van der Waals surface area contributed by atoms with Crippen molar-refractivity contribution in [2.24, 2.45) is 5.16 Å². The average Bonchev–Trinajstić information content (AvgIpc) is 3.37. The number of anilines is 1. The number of thiazole rings is 1. The summed E-state index contributed by atoms with van der Waals surface area (Å²) in [6, 6.07) is 3.39. The summed E-state index contributed by atoms with van der Waals surface area (Å²) in [6.07, 6.45) is 3.36. The van der Waals surface area contributed by atoms with Crippen LogP contribution in [0.25, 0.3) is 10.8 Å². The smallest absolute Gasteiger partial charge is 0.352 e. The molecule has 1 unspecified atom stereocenters. The van der Waals surface area contributed by atoms with E-state index in [0.717, 1.165) is 16.2 Å². The van der Waals surface area contributed by atoms with Gasteiger partial charge in [-0.15, -0.1) is 23.1 Å². The van der Waals surface area contributed by atoms with Crippen molar-refractivity contribution in [3.05, 3.63) is 52.9 Å². The number of rotatable bonds is 9. The van der Waals surface area contributed by atoms with Crippen LogP contribution in [-0.2, 0) is 30.6 Å². The highest BCUT2D eigenvalue weighted by Gasteiger charge is 2.55. The first-order chi connectivity index (χ1) is 20.3. The van der Waals surface area contributed by atoms with Crippen molar-refractivity contribution in [2.75, 3.05) is 11.5 Å². The Labute approximate surface area is 250 Å². The van der Waals surface area contributed by atoms with Gasteiger partial charge in [-0.2, -0.15) is 0 Å². The number of carboxylic acid groups (broad SMARTS) is 2. The number of carbonyl (C=O) groups is 4. The Morgan fingerprint density at radius 3 is 2.56 bits per heavy atom. The van der Waals surface area contributed by atoms with Crippen molar-refractivity contribution in [1.82, 2.24) is 15.2 Å². The second-order valence-corrected chi connectivity index (χ2v) is 12.1. The zero-order chi connectivity index (χ0) is 31.2. The first-order valence-corrected chi connectivity index (χ1v) is 14.5. The summed E-state index contributed by atoms with van der Waals surface area (Å²) < 4.78 is 1.70. The Hall–Kier alpha value is -4.90. The van der Waals surface area contributed by atoms with E-state index in [1.54, 1.807) is 23.0 Å². The van der Waals surface area contributed by atoms with Crippen LogP contribution in [0, 0.1) is 0 Å². The van der Waals surface area contributed by atoms with Crippen LogP contribution in [0.5, 0.6) is 11.5 Å². The molecule has 224 valence electrons. The number of nitrogens with two attached hydrogens (primary N) is 1. The van der Waals surface area contributed by atoms with Gasteiger partial charge in [0.05, 0.1) is 0 Å². The normalized spacial score (nSPS) is 18.7. The van der Waals surface area contributed by atoms with Crippen molar-refractivity contribution in [2.45, 2.75) is 37.4 Å². The van der Waals surface area contributed by atoms with E-state index in [1.165, 1.54) is 43.1 Å². The molecule has 5 rings (SSSR count). The number of oxime groups is 1. The maximum absolute atomic E-state index is 13.2. The number of carboxylic acids is 2. The van der Waals surface area contributed by atoms with Crippen molar-refractivity contribution >= 4 is 68.5 Å². The van der Waals surface area contributed by atoms with Crippen molar-refractivity contribution in [3.8, 4) is 11.5 Å². The van der Waals surface area contributed by atoms with Gasteiger partial charge in [0, 0.05) is 28.2 Å². The first-order valence-electron chi connectivity index (χ1n) is 12.5. The van der Waals surface area contributed by atoms with Crippen LogP contribution in [0.3, 0.4) is 0 Å². The Balaban J connectivity index is 1.37. The molecule has 2 aliphatic rings. The lowest BCUT2D eigenvalue weighted by atomic mass is 10.0. The minimum absolute atomic E-state index is 0.00506. The van der Waals surface area contributed by atoms with Gasteiger partial charge in [-0.3, -0.25) is 14.5 Å². The highest BCUT2D eigenvalue weighted by molar-refractivity contribution is 8.00. The fourth-order valence-corrected chi connectivity index (χ4v) is 6.28. The lowest BCUT2D eigenvalue weighted by Crippen LogP contribution is -2.71. The Morgan fingerprint density at radius 1 is 1.23 bits per heavy atom. The SMILES string of the molecule is CC(C)(ON=C(C(=O)NC1C(=O)N2C(C(=O)O)=C(C[n+]3ccc4cc(O)c(O)cc4c3)CS[C@H]12)c1csc(N)n1)C(=O)O. The Bertz CT molecular complexity index is 1750. The minimum atomic E-state index is -1.78. The number of β-lactam (4-membered cyclic amide) rings is 1. The summed E-state index contributed by atoms with van der Waals surface area (Å²) in [5.41, 5.74) is 3.75. The number of carbonyl (C=O) groups excluding carboxylic acids is 2. The van der Waals surface area contributed by atoms with Gasteiger partial charge in [-0.1, -0.05) is 5.16 Å². The molecule has 0 radical (unpaired) electrons. The maximum Gasteiger partial charge on any atom is 0.352 e. The molecule has 0 spiro atoms. The largest absolute Gasteiger partial charge is 0.504 e. The number of fused-ring (bicyclic) bond motifs is 2. The zero-order valence-electron chi connectivity index (χ0n) is 22.5. The van der Waals surface area contributed by atoms with E-state index in [4.69, 9.17) is 10.6 Å². The van der Waals surface area contributed by atoms with Crippen molar-refractivity contribution in [3.63, 3.8) is 0 Å². The number of pyridine rings is 1. The summed E-state index contributed by atoms with van der Waals surface area (Å²) in [7, 11) is 0. The van der Waals surface area contributed by atoms with E-state index in [-0.39, 0.29) is 40.3 Å². The number of aromatic hydroxyl groups is 2. The van der Waals surface area contributed by atoms with E-state index < -0.39 is 46.5 Å². The number of thioether (sulfide) groups is 1. The molecule has 7 N–H and O–H groups in total. The quantitative estimate of drug-likeness (QED) is 0.0629. The van der Waals surface area contributed by atoms with Gasteiger partial charge in [0.2, 0.25) is 5.60 Å². The molecule has 1 aromatic carbocycles. The van der Waals surface area contributed by atoms with Crippen molar-refractivity contribution in [1.29, 1.82) is 0 Å². The summed E-state index contributed by atoms with van der Waals surface area (Å²) >= 11 is 2.27. The molecule has 2 aromatic heterocycles. The third-order valence-corrected chi connectivity index (χ3v) is 8.71. The number of nitrogens with one attached hydrogen (secondary N) is 1. The number of phenols is 2. The fourth-order valence-electron chi connectivity index (χ4n) is 4.40. The lowest BCUT2D eigenvalue weighted by molar-refractivity contribution is -0.687. The van der Waals surface area contributed by atoms with Crippen LogP contribution in [0.1, 0.15) is 19.5 Å². The molecular weight excluding hydrogens is 604 g/mol.